The topological polar surface area (TPSA) is 91.4 Å². The van der Waals surface area contributed by atoms with Crippen LogP contribution in [-0.4, -0.2) is 92.3 Å². The van der Waals surface area contributed by atoms with Crippen LogP contribution in [0.1, 0.15) is 25.7 Å². The molecule has 3 heterocycles. The molecule has 1 spiro atoms. The number of methoxy groups -OCH3 is 1. The predicted octanol–water partition coefficient (Wildman–Crippen LogP) is 0.596. The molecule has 174 valence electrons. The first-order valence-corrected chi connectivity index (χ1v) is 11.3. The van der Waals surface area contributed by atoms with Crippen LogP contribution in [0.2, 0.25) is 0 Å². The molecule has 1 N–H and O–H groups in total. The third-order valence-electron chi connectivity index (χ3n) is 6.68. The highest BCUT2D eigenvalue weighted by molar-refractivity contribution is 5.96. The second-order valence-corrected chi connectivity index (χ2v) is 8.69. The van der Waals surface area contributed by atoms with Crippen molar-refractivity contribution in [3.63, 3.8) is 0 Å². The predicted molar refractivity (Wildman–Crippen MR) is 118 cm³/mol. The molecule has 0 radical (unpaired) electrons. The third kappa shape index (κ3) is 4.59. The number of para-hydroxylation sites is 1. The van der Waals surface area contributed by atoms with Gasteiger partial charge in [-0.3, -0.25) is 14.4 Å². The van der Waals surface area contributed by atoms with E-state index in [1.165, 1.54) is 7.11 Å². The lowest BCUT2D eigenvalue weighted by Gasteiger charge is -2.43. The Kier molecular flexibility index (Phi) is 6.95. The van der Waals surface area contributed by atoms with Crippen LogP contribution >= 0.6 is 0 Å². The number of hydrogen-bond donors (Lipinski definition) is 1. The van der Waals surface area contributed by atoms with Crippen molar-refractivity contribution >= 4 is 23.4 Å². The number of ether oxygens (including phenoxy) is 2. The van der Waals surface area contributed by atoms with Crippen molar-refractivity contribution in [1.82, 2.24) is 15.1 Å². The van der Waals surface area contributed by atoms with E-state index in [1.807, 2.05) is 30.3 Å². The smallest absolute Gasteiger partial charge is 0.250 e. The largest absolute Gasteiger partial charge is 0.376 e. The van der Waals surface area contributed by atoms with Gasteiger partial charge in [0.15, 0.2) is 0 Å². The van der Waals surface area contributed by atoms with E-state index in [1.54, 1.807) is 9.80 Å². The molecule has 9 heteroatoms. The van der Waals surface area contributed by atoms with Crippen molar-refractivity contribution in [2.45, 2.75) is 37.3 Å². The number of rotatable bonds is 7. The Balaban J connectivity index is 1.46. The van der Waals surface area contributed by atoms with E-state index in [4.69, 9.17) is 9.47 Å². The maximum atomic E-state index is 13.6. The molecule has 0 aliphatic carbocycles. The van der Waals surface area contributed by atoms with Crippen LogP contribution in [0.5, 0.6) is 0 Å². The zero-order valence-corrected chi connectivity index (χ0v) is 18.6. The highest BCUT2D eigenvalue weighted by Gasteiger charge is 2.54. The number of nitrogens with one attached hydrogen (secondary N) is 1. The van der Waals surface area contributed by atoms with Crippen molar-refractivity contribution in [2.24, 2.45) is 0 Å². The number of nitrogens with zero attached hydrogens (tertiary/aromatic N) is 3. The van der Waals surface area contributed by atoms with Crippen LogP contribution in [-0.2, 0) is 23.9 Å². The Morgan fingerprint density at radius 3 is 2.62 bits per heavy atom. The van der Waals surface area contributed by atoms with Crippen LogP contribution in [0.4, 0.5) is 5.69 Å². The summed E-state index contributed by atoms with van der Waals surface area (Å²) in [7, 11) is 1.50. The van der Waals surface area contributed by atoms with Crippen molar-refractivity contribution in [1.29, 1.82) is 0 Å². The third-order valence-corrected chi connectivity index (χ3v) is 6.68. The first-order chi connectivity index (χ1) is 15.5. The lowest BCUT2D eigenvalue weighted by atomic mass is 9.85. The minimum atomic E-state index is -0.750. The van der Waals surface area contributed by atoms with Gasteiger partial charge in [0.25, 0.3) is 5.91 Å². The normalized spacial score (nSPS) is 22.6. The quantitative estimate of drug-likeness (QED) is 0.662. The van der Waals surface area contributed by atoms with Gasteiger partial charge < -0.3 is 29.5 Å². The molecule has 9 nitrogen and oxygen atoms in total. The zero-order chi connectivity index (χ0) is 22.6. The molecule has 1 aromatic carbocycles. The van der Waals surface area contributed by atoms with E-state index in [0.717, 1.165) is 25.1 Å². The van der Waals surface area contributed by atoms with Gasteiger partial charge in [0.05, 0.1) is 12.8 Å². The first-order valence-electron chi connectivity index (χ1n) is 11.3. The van der Waals surface area contributed by atoms with Crippen LogP contribution in [0.3, 0.4) is 0 Å². The van der Waals surface area contributed by atoms with Gasteiger partial charge in [-0.1, -0.05) is 18.2 Å². The number of hydrogen-bond acceptors (Lipinski definition) is 6. The minimum absolute atomic E-state index is 0.0168. The van der Waals surface area contributed by atoms with E-state index >= 15 is 0 Å². The molecule has 3 aliphatic heterocycles. The van der Waals surface area contributed by atoms with Gasteiger partial charge in [-0.15, -0.1) is 0 Å². The van der Waals surface area contributed by atoms with Crippen LogP contribution in [0, 0.1) is 0 Å². The number of likely N-dealkylation sites (tertiary alicyclic amines) is 1. The summed E-state index contributed by atoms with van der Waals surface area (Å²) >= 11 is 0. The highest BCUT2D eigenvalue weighted by Crippen LogP contribution is 2.39. The molecule has 1 atom stereocenters. The fourth-order valence-corrected chi connectivity index (χ4v) is 4.93. The Bertz CT molecular complexity index is 819. The van der Waals surface area contributed by atoms with Crippen LogP contribution in [0.15, 0.2) is 30.3 Å². The number of piperidine rings is 1. The molecule has 0 bridgehead atoms. The van der Waals surface area contributed by atoms with Gasteiger partial charge in [-0.25, -0.2) is 0 Å². The summed E-state index contributed by atoms with van der Waals surface area (Å²) in [5, 5.41) is 2.91. The molecular formula is C23H32N4O5. The number of anilines is 1. The summed E-state index contributed by atoms with van der Waals surface area (Å²) in [6.07, 6.45) is 3.07. The van der Waals surface area contributed by atoms with Crippen molar-refractivity contribution < 1.29 is 23.9 Å². The molecule has 3 aliphatic rings. The van der Waals surface area contributed by atoms with Gasteiger partial charge in [-0.2, -0.15) is 0 Å². The molecule has 3 fully saturated rings. The van der Waals surface area contributed by atoms with Gasteiger partial charge in [0.2, 0.25) is 11.8 Å². The average Bonchev–Trinajstić information content (AvgIpc) is 3.42. The molecule has 4 rings (SSSR count). The highest BCUT2D eigenvalue weighted by atomic mass is 16.5. The van der Waals surface area contributed by atoms with E-state index in [9.17, 15) is 14.4 Å². The number of carbonyl (C=O) groups excluding carboxylic acids is 3. The van der Waals surface area contributed by atoms with E-state index in [2.05, 4.69) is 10.2 Å². The molecule has 32 heavy (non-hydrogen) atoms. The molecule has 1 aromatic rings. The van der Waals surface area contributed by atoms with E-state index in [0.29, 0.717) is 39.1 Å². The van der Waals surface area contributed by atoms with E-state index < -0.39 is 5.54 Å². The Hall–Kier alpha value is -2.65. The summed E-state index contributed by atoms with van der Waals surface area (Å²) < 4.78 is 10.5. The lowest BCUT2D eigenvalue weighted by molar-refractivity contribution is -0.141. The van der Waals surface area contributed by atoms with Crippen LogP contribution < -0.4 is 10.2 Å². The van der Waals surface area contributed by atoms with Crippen molar-refractivity contribution in [2.75, 3.05) is 58.1 Å². The fourth-order valence-electron chi connectivity index (χ4n) is 4.93. The number of carbonyl (C=O) groups is 3. The summed E-state index contributed by atoms with van der Waals surface area (Å²) in [6, 6.07) is 9.80. The standard InChI is InChI=1S/C23H32N4O5/c1-31-16-21(29)25-11-9-23(10-12-25)22(30)26(17-27(23)18-6-3-2-4-7-18)15-20(28)24-14-19-8-5-13-32-19/h2-4,6-7,19H,5,8-17H2,1H3,(H,24,28). The molecule has 1 unspecified atom stereocenters. The fraction of sp³-hybridized carbons (Fsp3) is 0.609. The molecule has 0 aromatic heterocycles. The Labute approximate surface area is 188 Å². The van der Waals surface area contributed by atoms with Crippen LogP contribution in [0.25, 0.3) is 0 Å². The van der Waals surface area contributed by atoms with Crippen molar-refractivity contribution in [3.8, 4) is 0 Å². The first kappa shape index (κ1) is 22.5. The maximum Gasteiger partial charge on any atom is 0.250 e. The monoisotopic (exact) mass is 444 g/mol. The summed E-state index contributed by atoms with van der Waals surface area (Å²) in [6.45, 7) is 2.59. The minimum Gasteiger partial charge on any atom is -0.376 e. The van der Waals surface area contributed by atoms with Crippen molar-refractivity contribution in [3.05, 3.63) is 30.3 Å². The van der Waals surface area contributed by atoms with Gasteiger partial charge >= 0.3 is 0 Å². The van der Waals surface area contributed by atoms with E-state index in [-0.39, 0.29) is 37.0 Å². The Morgan fingerprint density at radius 2 is 1.97 bits per heavy atom. The SMILES string of the molecule is COCC(=O)N1CCC2(CC1)C(=O)N(CC(=O)NCC1CCCO1)CN2c1ccccc1. The van der Waals surface area contributed by atoms with Gasteiger partial charge in [0, 0.05) is 39.0 Å². The Morgan fingerprint density at radius 1 is 1.22 bits per heavy atom. The number of benzene rings is 1. The molecular weight excluding hydrogens is 412 g/mol. The summed E-state index contributed by atoms with van der Waals surface area (Å²) in [5.74, 6) is -0.288. The molecule has 3 amide bonds. The average molecular weight is 445 g/mol. The van der Waals surface area contributed by atoms with Gasteiger partial charge in [-0.05, 0) is 37.8 Å². The second kappa shape index (κ2) is 9.87. The second-order valence-electron chi connectivity index (χ2n) is 8.69. The zero-order valence-electron chi connectivity index (χ0n) is 18.6. The molecule has 3 saturated heterocycles. The van der Waals surface area contributed by atoms with Gasteiger partial charge in [0.1, 0.15) is 18.7 Å². The maximum absolute atomic E-state index is 13.6. The summed E-state index contributed by atoms with van der Waals surface area (Å²) in [4.78, 5) is 43.9. The lowest BCUT2D eigenvalue weighted by Crippen LogP contribution is -2.57. The molecule has 0 saturated carbocycles. The number of amides is 3. The summed E-state index contributed by atoms with van der Waals surface area (Å²) in [5.41, 5.74) is 0.194.